The van der Waals surface area contributed by atoms with Crippen LogP contribution in [-0.2, 0) is 22.1 Å². The number of aromatic nitrogens is 2. The van der Waals surface area contributed by atoms with Gasteiger partial charge in [-0.15, -0.1) is 0 Å². The smallest absolute Gasteiger partial charge is 0.407 e. The van der Waals surface area contributed by atoms with Crippen molar-refractivity contribution in [1.29, 1.82) is 0 Å². The minimum atomic E-state index is -0.775. The number of benzene rings is 3. The van der Waals surface area contributed by atoms with Crippen molar-refractivity contribution in [3.8, 4) is 0 Å². The van der Waals surface area contributed by atoms with E-state index < -0.39 is 17.2 Å². The maximum atomic E-state index is 12.9. The first-order valence-corrected chi connectivity index (χ1v) is 13.6. The van der Waals surface area contributed by atoms with Crippen molar-refractivity contribution in [3.05, 3.63) is 114 Å². The van der Waals surface area contributed by atoms with E-state index in [9.17, 15) is 9.59 Å². The van der Waals surface area contributed by atoms with Crippen LogP contribution in [0.4, 0.5) is 16.3 Å². The van der Waals surface area contributed by atoms with Crippen LogP contribution in [0.1, 0.15) is 37.5 Å². The normalized spacial score (nSPS) is 11.5. The molecule has 2 amide bonds. The molecule has 0 saturated heterocycles. The molecule has 0 saturated carbocycles. The number of amides is 2. The monoisotopic (exact) mass is 554 g/mol. The molecule has 3 aromatic carbocycles. The van der Waals surface area contributed by atoms with E-state index in [2.05, 4.69) is 62.8 Å². The third-order valence-corrected chi connectivity index (χ3v) is 6.39. The summed E-state index contributed by atoms with van der Waals surface area (Å²) >= 11 is 0. The highest BCUT2D eigenvalue weighted by Crippen LogP contribution is 2.41. The zero-order valence-corrected chi connectivity index (χ0v) is 24.0. The van der Waals surface area contributed by atoms with Crippen molar-refractivity contribution < 1.29 is 14.3 Å². The molecule has 0 aliphatic carbocycles. The van der Waals surface area contributed by atoms with Gasteiger partial charge >= 0.3 is 6.09 Å². The second-order valence-corrected chi connectivity index (χ2v) is 10.7. The van der Waals surface area contributed by atoms with Crippen molar-refractivity contribution in [1.82, 2.24) is 20.4 Å². The second-order valence-electron chi connectivity index (χ2n) is 10.7. The fourth-order valence-corrected chi connectivity index (χ4v) is 4.60. The highest BCUT2D eigenvalue weighted by molar-refractivity contribution is 5.95. The van der Waals surface area contributed by atoms with Crippen LogP contribution >= 0.6 is 0 Å². The lowest BCUT2D eigenvalue weighted by molar-refractivity contribution is -0.115. The predicted molar refractivity (Wildman–Crippen MR) is 162 cm³/mol. The van der Waals surface area contributed by atoms with Gasteiger partial charge in [-0.25, -0.2) is 4.79 Å². The Kier molecular flexibility index (Phi) is 9.41. The van der Waals surface area contributed by atoms with Gasteiger partial charge in [-0.05, 0) is 37.5 Å². The summed E-state index contributed by atoms with van der Waals surface area (Å²) in [5.41, 5.74) is 2.33. The number of rotatable bonds is 11. The van der Waals surface area contributed by atoms with E-state index in [1.165, 1.54) is 0 Å². The van der Waals surface area contributed by atoms with Crippen LogP contribution in [0.3, 0.4) is 0 Å². The van der Waals surface area contributed by atoms with Gasteiger partial charge in [-0.3, -0.25) is 9.48 Å². The molecule has 41 heavy (non-hydrogen) atoms. The van der Waals surface area contributed by atoms with Gasteiger partial charge in [0.05, 0.1) is 12.7 Å². The van der Waals surface area contributed by atoms with Crippen LogP contribution in [0.25, 0.3) is 0 Å². The molecule has 0 aliphatic rings. The molecule has 1 heterocycles. The van der Waals surface area contributed by atoms with Gasteiger partial charge in [0.1, 0.15) is 22.6 Å². The predicted octanol–water partition coefficient (Wildman–Crippen LogP) is 4.88. The fraction of sp³-hybridized carbons (Fsp3) is 0.281. The van der Waals surface area contributed by atoms with Crippen LogP contribution in [0.2, 0.25) is 0 Å². The summed E-state index contributed by atoms with van der Waals surface area (Å²) in [6.45, 7) is 6.21. The van der Waals surface area contributed by atoms with Crippen molar-refractivity contribution in [2.45, 2.75) is 31.9 Å². The Bertz CT molecular complexity index is 1320. The molecule has 1 aromatic heterocycles. The molecule has 0 bridgehead atoms. The lowest BCUT2D eigenvalue weighted by Crippen LogP contribution is -2.39. The van der Waals surface area contributed by atoms with Crippen LogP contribution in [0.15, 0.2) is 97.2 Å². The van der Waals surface area contributed by atoms with Crippen molar-refractivity contribution in [3.63, 3.8) is 0 Å². The van der Waals surface area contributed by atoms with Crippen LogP contribution in [-0.4, -0.2) is 47.0 Å². The molecular formula is C32H38N6O3. The molecule has 214 valence electrons. The Balaban J connectivity index is 1.54. The number of alkyl carbamates (subject to hydrolysis) is 1. The molecule has 4 aromatic rings. The van der Waals surface area contributed by atoms with E-state index in [0.717, 1.165) is 16.7 Å². The first-order chi connectivity index (χ1) is 19.7. The third-order valence-electron chi connectivity index (χ3n) is 6.39. The zero-order valence-electron chi connectivity index (χ0n) is 24.0. The summed E-state index contributed by atoms with van der Waals surface area (Å²) in [7, 11) is 1.84. The number of ether oxygens (including phenoxy) is 1. The number of hydrogen-bond donors (Lipinski definition) is 4. The molecule has 0 unspecified atom stereocenters. The Morgan fingerprint density at radius 1 is 0.805 bits per heavy atom. The highest BCUT2D eigenvalue weighted by Gasteiger charge is 2.37. The first kappa shape index (κ1) is 29.4. The Morgan fingerprint density at radius 2 is 1.32 bits per heavy atom. The molecule has 9 nitrogen and oxygen atoms in total. The molecule has 4 N–H and O–H groups in total. The second kappa shape index (κ2) is 13.1. The summed E-state index contributed by atoms with van der Waals surface area (Å²) in [5.74, 6) is 0.421. The SMILES string of the molecule is Cn1ncc(NC(=O)CNCCNC(=O)OC(C)(C)C)c1NC(c1ccccc1)(c1ccccc1)c1ccccc1. The topological polar surface area (TPSA) is 109 Å². The zero-order chi connectivity index (χ0) is 29.3. The Hall–Kier alpha value is -4.63. The molecule has 0 aliphatic heterocycles. The molecule has 0 radical (unpaired) electrons. The number of carbonyl (C=O) groups is 2. The van der Waals surface area contributed by atoms with E-state index >= 15 is 0 Å². The van der Waals surface area contributed by atoms with E-state index in [0.29, 0.717) is 24.6 Å². The van der Waals surface area contributed by atoms with E-state index in [1.807, 2.05) is 61.6 Å². The Morgan fingerprint density at radius 3 is 1.80 bits per heavy atom. The van der Waals surface area contributed by atoms with Gasteiger partial charge in [-0.2, -0.15) is 5.10 Å². The number of nitrogens with one attached hydrogen (secondary N) is 4. The molecule has 0 fully saturated rings. The standard InChI is InChI=1S/C32H38N6O3/c1-31(2,3)41-30(40)34-21-20-33-23-28(39)36-27-22-35-38(4)29(27)37-32(24-14-8-5-9-15-24,25-16-10-6-11-17-25)26-18-12-7-13-19-26/h5-19,22,33,37H,20-21,23H2,1-4H3,(H,34,40)(H,36,39). The van der Waals surface area contributed by atoms with E-state index in [4.69, 9.17) is 4.74 Å². The number of carbonyl (C=O) groups excluding carboxylic acids is 2. The molecule has 0 spiro atoms. The van der Waals surface area contributed by atoms with Gasteiger partial charge in [0.25, 0.3) is 0 Å². The van der Waals surface area contributed by atoms with Gasteiger partial charge in [0, 0.05) is 20.1 Å². The fourth-order valence-electron chi connectivity index (χ4n) is 4.60. The maximum Gasteiger partial charge on any atom is 0.407 e. The number of nitrogens with zero attached hydrogens (tertiary/aromatic N) is 2. The van der Waals surface area contributed by atoms with Gasteiger partial charge in [-0.1, -0.05) is 91.0 Å². The van der Waals surface area contributed by atoms with Crippen LogP contribution < -0.4 is 21.3 Å². The molecule has 9 heteroatoms. The summed E-state index contributed by atoms with van der Waals surface area (Å²) < 4.78 is 6.94. The molecule has 0 atom stereocenters. The summed E-state index contributed by atoms with van der Waals surface area (Å²) in [6, 6.07) is 30.7. The van der Waals surface area contributed by atoms with Crippen LogP contribution in [0.5, 0.6) is 0 Å². The molecular weight excluding hydrogens is 516 g/mol. The summed E-state index contributed by atoms with van der Waals surface area (Å²) in [4.78, 5) is 24.7. The average molecular weight is 555 g/mol. The lowest BCUT2D eigenvalue weighted by atomic mass is 9.77. The first-order valence-electron chi connectivity index (χ1n) is 13.6. The van der Waals surface area contributed by atoms with Crippen molar-refractivity contribution >= 4 is 23.5 Å². The minimum absolute atomic E-state index is 0.0610. The van der Waals surface area contributed by atoms with Gasteiger partial charge in [0.15, 0.2) is 0 Å². The van der Waals surface area contributed by atoms with E-state index in [-0.39, 0.29) is 12.5 Å². The van der Waals surface area contributed by atoms with Crippen molar-refractivity contribution in [2.75, 3.05) is 30.3 Å². The molecule has 4 rings (SSSR count). The number of aryl methyl sites for hydroxylation is 1. The van der Waals surface area contributed by atoms with Crippen molar-refractivity contribution in [2.24, 2.45) is 7.05 Å². The van der Waals surface area contributed by atoms with E-state index in [1.54, 1.807) is 31.6 Å². The van der Waals surface area contributed by atoms with Gasteiger partial charge < -0.3 is 26.0 Å². The average Bonchev–Trinajstić information content (AvgIpc) is 3.29. The maximum absolute atomic E-state index is 12.9. The Labute approximate surface area is 241 Å². The quantitative estimate of drug-likeness (QED) is 0.156. The van der Waals surface area contributed by atoms with Gasteiger partial charge in [0.2, 0.25) is 5.91 Å². The summed E-state index contributed by atoms with van der Waals surface area (Å²) in [6.07, 6.45) is 1.14. The number of hydrogen-bond acceptors (Lipinski definition) is 6. The van der Waals surface area contributed by atoms with Crippen LogP contribution in [0, 0.1) is 0 Å². The minimum Gasteiger partial charge on any atom is -0.444 e. The lowest BCUT2D eigenvalue weighted by Gasteiger charge is -2.38. The summed E-state index contributed by atoms with van der Waals surface area (Å²) in [5, 5.41) is 16.9. The highest BCUT2D eigenvalue weighted by atomic mass is 16.6. The largest absolute Gasteiger partial charge is 0.444 e. The number of anilines is 2. The third kappa shape index (κ3) is 7.52.